The first kappa shape index (κ1) is 17.6. The highest BCUT2D eigenvalue weighted by molar-refractivity contribution is 8.14. The van der Waals surface area contributed by atoms with Crippen molar-refractivity contribution in [3.8, 4) is 0 Å². The lowest BCUT2D eigenvalue weighted by atomic mass is 9.96. The van der Waals surface area contributed by atoms with E-state index in [1.807, 2.05) is 0 Å². The van der Waals surface area contributed by atoms with E-state index in [1.165, 1.54) is 9.80 Å². The highest BCUT2D eigenvalue weighted by atomic mass is 32.2. The third-order valence-corrected chi connectivity index (χ3v) is 4.85. The molecular weight excluding hydrogens is 320 g/mol. The summed E-state index contributed by atoms with van der Waals surface area (Å²) in [5.41, 5.74) is 0. The zero-order valence-electron chi connectivity index (χ0n) is 13.4. The van der Waals surface area contributed by atoms with Gasteiger partial charge in [-0.15, -0.1) is 0 Å². The summed E-state index contributed by atoms with van der Waals surface area (Å²) >= 11 is 0.989. The van der Waals surface area contributed by atoms with Gasteiger partial charge in [-0.05, 0) is 12.8 Å². The Hall–Kier alpha value is -1.77. The molecular formula is C14H22N4O4S. The van der Waals surface area contributed by atoms with Crippen molar-refractivity contribution in [1.29, 1.82) is 0 Å². The molecule has 2 saturated heterocycles. The predicted molar refractivity (Wildman–Crippen MR) is 86.0 cm³/mol. The number of urea groups is 1. The molecule has 1 N–H and O–H groups in total. The summed E-state index contributed by atoms with van der Waals surface area (Å²) in [4.78, 5) is 51.3. The molecule has 5 amide bonds. The molecule has 2 fully saturated rings. The van der Waals surface area contributed by atoms with Gasteiger partial charge in [0.15, 0.2) is 0 Å². The van der Waals surface area contributed by atoms with E-state index >= 15 is 0 Å². The van der Waals surface area contributed by atoms with Gasteiger partial charge in [-0.1, -0.05) is 11.8 Å². The predicted octanol–water partition coefficient (Wildman–Crippen LogP) is 0.192. The third kappa shape index (κ3) is 4.37. The standard InChI is InChI=1S/C14H22N4O4S/c1-16(2)13(21)17-6-3-10(4-7-17)12(20)15-5-8-18-11(19)9-23-14(18)22/h10H,3-9H2,1-2H3,(H,15,20). The molecule has 0 unspecified atom stereocenters. The van der Waals surface area contributed by atoms with E-state index in [4.69, 9.17) is 0 Å². The Labute approximate surface area is 139 Å². The highest BCUT2D eigenvalue weighted by Crippen LogP contribution is 2.19. The maximum Gasteiger partial charge on any atom is 0.319 e. The second-order valence-corrected chi connectivity index (χ2v) is 6.76. The molecule has 0 aromatic heterocycles. The van der Waals surface area contributed by atoms with Crippen molar-refractivity contribution in [2.24, 2.45) is 5.92 Å². The van der Waals surface area contributed by atoms with Gasteiger partial charge in [0.1, 0.15) is 0 Å². The van der Waals surface area contributed by atoms with Gasteiger partial charge in [-0.3, -0.25) is 19.3 Å². The minimum atomic E-state index is -0.250. The van der Waals surface area contributed by atoms with Gasteiger partial charge < -0.3 is 15.1 Å². The average molecular weight is 342 g/mol. The van der Waals surface area contributed by atoms with Gasteiger partial charge in [0.05, 0.1) is 5.75 Å². The largest absolute Gasteiger partial charge is 0.354 e. The Balaban J connectivity index is 1.70. The fourth-order valence-corrected chi connectivity index (χ4v) is 3.40. The van der Waals surface area contributed by atoms with Crippen molar-refractivity contribution < 1.29 is 19.2 Å². The third-order valence-electron chi connectivity index (χ3n) is 3.99. The van der Waals surface area contributed by atoms with Crippen molar-refractivity contribution in [2.75, 3.05) is 46.0 Å². The molecule has 128 valence electrons. The fraction of sp³-hybridized carbons (Fsp3) is 0.714. The molecule has 2 aliphatic rings. The lowest BCUT2D eigenvalue weighted by Crippen LogP contribution is -2.47. The van der Waals surface area contributed by atoms with Crippen molar-refractivity contribution >= 4 is 34.8 Å². The number of amides is 5. The highest BCUT2D eigenvalue weighted by Gasteiger charge is 2.30. The number of nitrogens with one attached hydrogen (secondary N) is 1. The van der Waals surface area contributed by atoms with Gasteiger partial charge >= 0.3 is 6.03 Å². The van der Waals surface area contributed by atoms with Crippen molar-refractivity contribution in [2.45, 2.75) is 12.8 Å². The molecule has 8 nitrogen and oxygen atoms in total. The Bertz CT molecular complexity index is 487. The van der Waals surface area contributed by atoms with Crippen LogP contribution in [-0.2, 0) is 9.59 Å². The van der Waals surface area contributed by atoms with Gasteiger partial charge in [-0.2, -0.15) is 0 Å². The normalized spacial score (nSPS) is 19.2. The number of carbonyl (C=O) groups excluding carboxylic acids is 4. The van der Waals surface area contributed by atoms with E-state index in [1.54, 1.807) is 19.0 Å². The van der Waals surface area contributed by atoms with Crippen molar-refractivity contribution in [3.63, 3.8) is 0 Å². The number of piperidine rings is 1. The number of likely N-dealkylation sites (tertiary alicyclic amines) is 1. The van der Waals surface area contributed by atoms with Crippen molar-refractivity contribution in [3.05, 3.63) is 0 Å². The van der Waals surface area contributed by atoms with Gasteiger partial charge in [0.25, 0.3) is 5.24 Å². The summed E-state index contributed by atoms with van der Waals surface area (Å²) in [5, 5.41) is 2.53. The average Bonchev–Trinajstić information content (AvgIpc) is 2.86. The maximum atomic E-state index is 12.1. The van der Waals surface area contributed by atoms with E-state index in [2.05, 4.69) is 5.32 Å². The quantitative estimate of drug-likeness (QED) is 0.788. The SMILES string of the molecule is CN(C)C(=O)N1CCC(C(=O)NCCN2C(=O)CSC2=O)CC1. The second kappa shape index (κ2) is 7.67. The number of rotatable bonds is 4. The molecule has 0 saturated carbocycles. The van der Waals surface area contributed by atoms with Gasteiger partial charge in [0.2, 0.25) is 11.8 Å². The summed E-state index contributed by atoms with van der Waals surface area (Å²) in [6.45, 7) is 1.62. The molecule has 23 heavy (non-hydrogen) atoms. The van der Waals surface area contributed by atoms with Crippen LogP contribution in [0.3, 0.4) is 0 Å². The Morgan fingerprint density at radius 2 is 1.91 bits per heavy atom. The minimum absolute atomic E-state index is 0.0348. The summed E-state index contributed by atoms with van der Waals surface area (Å²) in [5.74, 6) is -0.218. The van der Waals surface area contributed by atoms with Crippen LogP contribution in [0.1, 0.15) is 12.8 Å². The first-order valence-electron chi connectivity index (χ1n) is 7.61. The molecule has 2 aliphatic heterocycles. The summed E-state index contributed by atoms with van der Waals surface area (Å²) in [7, 11) is 3.42. The van der Waals surface area contributed by atoms with Crippen LogP contribution in [0.5, 0.6) is 0 Å². The molecule has 2 rings (SSSR count). The molecule has 9 heteroatoms. The minimum Gasteiger partial charge on any atom is -0.354 e. The second-order valence-electron chi connectivity index (χ2n) is 5.83. The van der Waals surface area contributed by atoms with E-state index in [0.717, 1.165) is 11.8 Å². The fourth-order valence-electron chi connectivity index (χ4n) is 2.65. The number of hydrogen-bond acceptors (Lipinski definition) is 5. The number of thioether (sulfide) groups is 1. The molecule has 0 radical (unpaired) electrons. The first-order valence-corrected chi connectivity index (χ1v) is 8.59. The molecule has 0 aliphatic carbocycles. The van der Waals surface area contributed by atoms with Crippen LogP contribution in [0.25, 0.3) is 0 Å². The Morgan fingerprint density at radius 3 is 2.43 bits per heavy atom. The van der Waals surface area contributed by atoms with E-state index in [-0.39, 0.29) is 47.8 Å². The van der Waals surface area contributed by atoms with Crippen LogP contribution in [-0.4, -0.2) is 83.8 Å². The molecule has 0 aromatic rings. The van der Waals surface area contributed by atoms with Crippen LogP contribution < -0.4 is 5.32 Å². The van der Waals surface area contributed by atoms with Crippen molar-refractivity contribution in [1.82, 2.24) is 20.0 Å². The molecule has 0 atom stereocenters. The van der Waals surface area contributed by atoms with Gasteiger partial charge in [-0.25, -0.2) is 4.79 Å². The maximum absolute atomic E-state index is 12.1. The Morgan fingerprint density at radius 1 is 1.26 bits per heavy atom. The molecule has 0 spiro atoms. The van der Waals surface area contributed by atoms with Gasteiger partial charge in [0, 0.05) is 46.2 Å². The zero-order valence-corrected chi connectivity index (χ0v) is 14.2. The molecule has 0 bridgehead atoms. The number of hydrogen-bond donors (Lipinski definition) is 1. The molecule has 0 aromatic carbocycles. The van der Waals surface area contributed by atoms with Crippen LogP contribution >= 0.6 is 11.8 Å². The summed E-state index contributed by atoms with van der Waals surface area (Å²) < 4.78 is 0. The Kier molecular flexibility index (Phi) is 5.86. The summed E-state index contributed by atoms with van der Waals surface area (Å²) in [6.07, 6.45) is 1.26. The number of carbonyl (C=O) groups is 4. The van der Waals surface area contributed by atoms with Crippen LogP contribution in [0, 0.1) is 5.92 Å². The van der Waals surface area contributed by atoms with E-state index in [0.29, 0.717) is 25.9 Å². The molecule has 2 heterocycles. The van der Waals surface area contributed by atoms with Crippen LogP contribution in [0.2, 0.25) is 0 Å². The van der Waals surface area contributed by atoms with E-state index in [9.17, 15) is 19.2 Å². The topological polar surface area (TPSA) is 90.0 Å². The monoisotopic (exact) mass is 342 g/mol. The zero-order chi connectivity index (χ0) is 17.0. The summed E-state index contributed by atoms with van der Waals surface area (Å²) in [6, 6.07) is -0.0348. The van der Waals surface area contributed by atoms with Crippen LogP contribution in [0.4, 0.5) is 9.59 Å². The van der Waals surface area contributed by atoms with E-state index < -0.39 is 0 Å². The lowest BCUT2D eigenvalue weighted by Gasteiger charge is -2.33. The number of nitrogens with zero attached hydrogens (tertiary/aromatic N) is 3. The smallest absolute Gasteiger partial charge is 0.319 e. The lowest BCUT2D eigenvalue weighted by molar-refractivity contribution is -0.127. The first-order chi connectivity index (χ1) is 10.9. The number of imide groups is 1. The van der Waals surface area contributed by atoms with Crippen LogP contribution in [0.15, 0.2) is 0 Å².